The SMILES string of the molecule is O=C[C@@H]1CCCN1C(=O)[C@H]1CCCC[C@H]1C(=O)OCc1ccccc1. The number of aldehydes is 1. The molecule has 1 aromatic carbocycles. The molecule has 0 bridgehead atoms. The van der Waals surface area contributed by atoms with Gasteiger partial charge in [-0.25, -0.2) is 0 Å². The largest absolute Gasteiger partial charge is 0.461 e. The summed E-state index contributed by atoms with van der Waals surface area (Å²) < 4.78 is 5.48. The first-order valence-corrected chi connectivity index (χ1v) is 9.17. The fraction of sp³-hybridized carbons (Fsp3) is 0.550. The molecule has 1 saturated heterocycles. The van der Waals surface area contributed by atoms with Crippen LogP contribution in [0.4, 0.5) is 0 Å². The van der Waals surface area contributed by atoms with E-state index in [4.69, 9.17) is 4.74 Å². The number of ether oxygens (including phenoxy) is 1. The highest BCUT2D eigenvalue weighted by Crippen LogP contribution is 2.34. The van der Waals surface area contributed by atoms with Gasteiger partial charge in [0.2, 0.25) is 5.91 Å². The molecule has 1 heterocycles. The number of hydrogen-bond donors (Lipinski definition) is 0. The summed E-state index contributed by atoms with van der Waals surface area (Å²) in [6.45, 7) is 0.849. The van der Waals surface area contributed by atoms with Crippen molar-refractivity contribution in [3.63, 3.8) is 0 Å². The molecule has 5 heteroatoms. The van der Waals surface area contributed by atoms with Gasteiger partial charge in [0.1, 0.15) is 12.9 Å². The molecule has 0 spiro atoms. The van der Waals surface area contributed by atoms with Crippen LogP contribution in [0.1, 0.15) is 44.1 Å². The molecule has 25 heavy (non-hydrogen) atoms. The number of esters is 1. The molecule has 134 valence electrons. The molecule has 0 aromatic heterocycles. The lowest BCUT2D eigenvalue weighted by molar-refractivity contribution is -0.158. The van der Waals surface area contributed by atoms with E-state index in [1.807, 2.05) is 30.3 Å². The third-order valence-electron chi connectivity index (χ3n) is 5.35. The number of hydrogen-bond acceptors (Lipinski definition) is 4. The smallest absolute Gasteiger partial charge is 0.310 e. The van der Waals surface area contributed by atoms with E-state index >= 15 is 0 Å². The van der Waals surface area contributed by atoms with E-state index in [2.05, 4.69) is 0 Å². The number of amides is 1. The van der Waals surface area contributed by atoms with Gasteiger partial charge in [-0.15, -0.1) is 0 Å². The van der Waals surface area contributed by atoms with Crippen LogP contribution in [0.3, 0.4) is 0 Å². The van der Waals surface area contributed by atoms with Gasteiger partial charge in [-0.05, 0) is 31.2 Å². The van der Waals surface area contributed by atoms with Crippen LogP contribution in [-0.4, -0.2) is 35.6 Å². The Morgan fingerprint density at radius 3 is 2.48 bits per heavy atom. The zero-order valence-corrected chi connectivity index (χ0v) is 14.4. The molecular formula is C20H25NO4. The molecule has 1 aliphatic carbocycles. The minimum Gasteiger partial charge on any atom is -0.461 e. The molecule has 3 rings (SSSR count). The van der Waals surface area contributed by atoms with Crippen molar-refractivity contribution >= 4 is 18.2 Å². The van der Waals surface area contributed by atoms with E-state index < -0.39 is 5.92 Å². The van der Waals surface area contributed by atoms with Crippen molar-refractivity contribution in [1.82, 2.24) is 4.90 Å². The van der Waals surface area contributed by atoms with Gasteiger partial charge in [0, 0.05) is 6.54 Å². The van der Waals surface area contributed by atoms with Gasteiger partial charge in [0.15, 0.2) is 0 Å². The number of nitrogens with zero attached hydrogens (tertiary/aromatic N) is 1. The molecule has 5 nitrogen and oxygen atoms in total. The van der Waals surface area contributed by atoms with Crippen LogP contribution in [0, 0.1) is 11.8 Å². The fourth-order valence-corrected chi connectivity index (χ4v) is 3.96. The first-order valence-electron chi connectivity index (χ1n) is 9.17. The Labute approximate surface area is 148 Å². The van der Waals surface area contributed by atoms with Crippen LogP contribution in [0.5, 0.6) is 0 Å². The molecule has 1 aromatic rings. The molecule has 0 unspecified atom stereocenters. The van der Waals surface area contributed by atoms with Gasteiger partial charge in [-0.2, -0.15) is 0 Å². The Morgan fingerprint density at radius 1 is 1.04 bits per heavy atom. The summed E-state index contributed by atoms with van der Waals surface area (Å²) in [5.74, 6) is -1.07. The van der Waals surface area contributed by atoms with Crippen molar-refractivity contribution in [1.29, 1.82) is 0 Å². The summed E-state index contributed by atoms with van der Waals surface area (Å²) >= 11 is 0. The summed E-state index contributed by atoms with van der Waals surface area (Å²) in [6, 6.07) is 9.23. The van der Waals surface area contributed by atoms with Gasteiger partial charge in [-0.1, -0.05) is 43.2 Å². The summed E-state index contributed by atoms with van der Waals surface area (Å²) in [5.41, 5.74) is 0.940. The number of carbonyl (C=O) groups excluding carboxylic acids is 3. The molecule has 1 amide bonds. The lowest BCUT2D eigenvalue weighted by Gasteiger charge is -2.33. The molecule has 0 radical (unpaired) electrons. The van der Waals surface area contributed by atoms with Crippen LogP contribution < -0.4 is 0 Å². The lowest BCUT2D eigenvalue weighted by atomic mass is 9.78. The Hall–Kier alpha value is -2.17. The lowest BCUT2D eigenvalue weighted by Crippen LogP contribution is -2.45. The molecule has 3 atom stereocenters. The van der Waals surface area contributed by atoms with E-state index in [0.29, 0.717) is 19.4 Å². The standard InChI is InChI=1S/C20H25NO4/c22-13-16-9-6-12-21(16)19(23)17-10-4-5-11-18(17)20(24)25-14-15-7-2-1-3-8-15/h1-3,7-8,13,16-18H,4-6,9-12,14H2/t16-,17-,18+/m0/s1. The zero-order chi connectivity index (χ0) is 17.6. The summed E-state index contributed by atoms with van der Waals surface area (Å²) in [5, 5.41) is 0. The molecular weight excluding hydrogens is 318 g/mol. The van der Waals surface area contributed by atoms with E-state index in [0.717, 1.165) is 37.5 Å². The number of carbonyl (C=O) groups is 3. The quantitative estimate of drug-likeness (QED) is 0.609. The number of rotatable bonds is 5. The maximum atomic E-state index is 12.9. The topological polar surface area (TPSA) is 63.7 Å². The maximum Gasteiger partial charge on any atom is 0.310 e. The van der Waals surface area contributed by atoms with Crippen molar-refractivity contribution < 1.29 is 19.1 Å². The van der Waals surface area contributed by atoms with Crippen LogP contribution >= 0.6 is 0 Å². The van der Waals surface area contributed by atoms with Gasteiger partial charge < -0.3 is 14.4 Å². The van der Waals surface area contributed by atoms with Crippen LogP contribution in [-0.2, 0) is 25.7 Å². The summed E-state index contributed by atoms with van der Waals surface area (Å²) in [6.07, 6.45) is 5.70. The highest BCUT2D eigenvalue weighted by atomic mass is 16.5. The van der Waals surface area contributed by atoms with Crippen molar-refractivity contribution in [2.24, 2.45) is 11.8 Å². The van der Waals surface area contributed by atoms with Crippen molar-refractivity contribution in [3.8, 4) is 0 Å². The highest BCUT2D eigenvalue weighted by Gasteiger charge is 2.41. The third kappa shape index (κ3) is 4.09. The van der Waals surface area contributed by atoms with Gasteiger partial charge in [-0.3, -0.25) is 9.59 Å². The Morgan fingerprint density at radius 2 is 1.76 bits per heavy atom. The first-order chi connectivity index (χ1) is 12.2. The van der Waals surface area contributed by atoms with Gasteiger partial charge in [0.05, 0.1) is 17.9 Å². The Balaban J connectivity index is 1.64. The maximum absolute atomic E-state index is 12.9. The van der Waals surface area contributed by atoms with Crippen molar-refractivity contribution in [3.05, 3.63) is 35.9 Å². The normalized spacial score (nSPS) is 26.2. The molecule has 1 saturated carbocycles. The van der Waals surface area contributed by atoms with Crippen molar-refractivity contribution in [2.45, 2.75) is 51.2 Å². The first kappa shape index (κ1) is 17.6. The summed E-state index contributed by atoms with van der Waals surface area (Å²) in [4.78, 5) is 38.4. The minimum absolute atomic E-state index is 0.0454. The fourth-order valence-electron chi connectivity index (χ4n) is 3.96. The van der Waals surface area contributed by atoms with E-state index in [9.17, 15) is 14.4 Å². The van der Waals surface area contributed by atoms with E-state index in [-0.39, 0.29) is 30.4 Å². The molecule has 2 fully saturated rings. The van der Waals surface area contributed by atoms with Gasteiger partial charge in [0.25, 0.3) is 0 Å². The van der Waals surface area contributed by atoms with Crippen LogP contribution in [0.15, 0.2) is 30.3 Å². The molecule has 2 aliphatic rings. The second-order valence-corrected chi connectivity index (χ2v) is 6.97. The number of benzene rings is 1. The summed E-state index contributed by atoms with van der Waals surface area (Å²) in [7, 11) is 0. The second-order valence-electron chi connectivity index (χ2n) is 6.97. The number of likely N-dealkylation sites (tertiary alicyclic amines) is 1. The predicted octanol–water partition coefficient (Wildman–Crippen LogP) is 2.73. The van der Waals surface area contributed by atoms with E-state index in [1.165, 1.54) is 0 Å². The predicted molar refractivity (Wildman–Crippen MR) is 92.5 cm³/mol. The molecule has 0 N–H and O–H groups in total. The van der Waals surface area contributed by atoms with Crippen molar-refractivity contribution in [2.75, 3.05) is 6.54 Å². The van der Waals surface area contributed by atoms with Crippen LogP contribution in [0.25, 0.3) is 0 Å². The molecule has 1 aliphatic heterocycles. The Bertz CT molecular complexity index is 615. The van der Waals surface area contributed by atoms with Crippen LogP contribution in [0.2, 0.25) is 0 Å². The zero-order valence-electron chi connectivity index (χ0n) is 14.4. The third-order valence-corrected chi connectivity index (χ3v) is 5.35. The van der Waals surface area contributed by atoms with Gasteiger partial charge >= 0.3 is 5.97 Å². The average molecular weight is 343 g/mol. The second kappa shape index (κ2) is 8.28. The Kier molecular flexibility index (Phi) is 5.84. The average Bonchev–Trinajstić information content (AvgIpc) is 3.15. The van der Waals surface area contributed by atoms with E-state index in [1.54, 1.807) is 4.90 Å². The highest BCUT2D eigenvalue weighted by molar-refractivity contribution is 5.87. The minimum atomic E-state index is -0.391. The monoisotopic (exact) mass is 343 g/mol.